The highest BCUT2D eigenvalue weighted by Crippen LogP contribution is 2.04. The van der Waals surface area contributed by atoms with Gasteiger partial charge in [-0.25, -0.2) is 0 Å². The Kier molecular flexibility index (Phi) is 13.6. The van der Waals surface area contributed by atoms with Crippen LogP contribution >= 0.6 is 12.4 Å². The third-order valence-corrected chi connectivity index (χ3v) is 2.59. The number of rotatable bonds is 9. The summed E-state index contributed by atoms with van der Waals surface area (Å²) in [7, 11) is 3.54. The van der Waals surface area contributed by atoms with Gasteiger partial charge in [0.15, 0.2) is 0 Å². The van der Waals surface area contributed by atoms with E-state index in [-0.39, 0.29) is 24.2 Å². The van der Waals surface area contributed by atoms with E-state index in [1.54, 1.807) is 7.11 Å². The van der Waals surface area contributed by atoms with E-state index in [0.29, 0.717) is 13.2 Å². The largest absolute Gasteiger partial charge is 0.383 e. The van der Waals surface area contributed by atoms with Crippen LogP contribution in [0.25, 0.3) is 0 Å². The van der Waals surface area contributed by atoms with E-state index in [4.69, 9.17) is 4.74 Å². The van der Waals surface area contributed by atoms with Crippen LogP contribution in [0, 0.1) is 5.92 Å². The lowest BCUT2D eigenvalue weighted by molar-refractivity contribution is -0.135. The highest BCUT2D eigenvalue weighted by atomic mass is 35.5. The molecule has 0 aliphatic carbocycles. The summed E-state index contributed by atoms with van der Waals surface area (Å²) in [5.74, 6) is 0.263. The van der Waals surface area contributed by atoms with Crippen molar-refractivity contribution in [1.29, 1.82) is 0 Å². The maximum atomic E-state index is 12.1. The van der Waals surface area contributed by atoms with Gasteiger partial charge < -0.3 is 15.0 Å². The second-order valence-corrected chi connectivity index (χ2v) is 4.13. The Labute approximate surface area is 111 Å². The molecule has 1 amide bonds. The number of unbranched alkanes of at least 4 members (excludes halogenated alkanes) is 1. The molecule has 4 nitrogen and oxygen atoms in total. The number of ether oxygens (including phenoxy) is 1. The summed E-state index contributed by atoms with van der Waals surface area (Å²) in [5, 5.41) is 3.04. The molecule has 0 aromatic heterocycles. The molecule has 0 aromatic rings. The fraction of sp³-hybridized carbons (Fsp3) is 0.917. The van der Waals surface area contributed by atoms with Gasteiger partial charge in [0.1, 0.15) is 0 Å². The normalized spacial score (nSPS) is 11.8. The van der Waals surface area contributed by atoms with Gasteiger partial charge >= 0.3 is 0 Å². The minimum atomic E-state index is 0. The molecule has 0 aromatic carbocycles. The zero-order valence-electron chi connectivity index (χ0n) is 11.5. The molecule has 0 rings (SSSR count). The number of amides is 1. The van der Waals surface area contributed by atoms with Gasteiger partial charge in [0.2, 0.25) is 5.91 Å². The predicted octanol–water partition coefficient (Wildman–Crippen LogP) is 1.54. The molecule has 0 aliphatic rings. The Morgan fingerprint density at radius 2 is 2.06 bits per heavy atom. The third-order valence-electron chi connectivity index (χ3n) is 2.59. The molecular formula is C12H27ClN2O2. The number of halogens is 1. The lowest BCUT2D eigenvalue weighted by Crippen LogP contribution is -2.40. The summed E-state index contributed by atoms with van der Waals surface area (Å²) in [6.07, 6.45) is 2.17. The first-order chi connectivity index (χ1) is 7.67. The molecule has 0 heterocycles. The molecule has 0 bridgehead atoms. The molecule has 0 saturated carbocycles. The quantitative estimate of drug-likeness (QED) is 0.688. The van der Waals surface area contributed by atoms with Gasteiger partial charge in [-0.1, -0.05) is 20.3 Å². The molecule has 1 unspecified atom stereocenters. The van der Waals surface area contributed by atoms with Crippen molar-refractivity contribution in [3.63, 3.8) is 0 Å². The Hall–Kier alpha value is -0.320. The van der Waals surface area contributed by atoms with E-state index in [0.717, 1.165) is 25.9 Å². The first kappa shape index (κ1) is 19.0. The first-order valence-corrected chi connectivity index (χ1v) is 6.09. The van der Waals surface area contributed by atoms with Crippen LogP contribution in [0.15, 0.2) is 0 Å². The van der Waals surface area contributed by atoms with Crippen LogP contribution in [0.4, 0.5) is 0 Å². The summed E-state index contributed by atoms with van der Waals surface area (Å²) in [4.78, 5) is 14.0. The number of carbonyl (C=O) groups is 1. The van der Waals surface area contributed by atoms with Crippen molar-refractivity contribution in [2.24, 2.45) is 5.92 Å². The number of hydrogen-bond donors (Lipinski definition) is 1. The van der Waals surface area contributed by atoms with Crippen LogP contribution in [0.5, 0.6) is 0 Å². The Bertz CT molecular complexity index is 183. The minimum absolute atomic E-state index is 0. The van der Waals surface area contributed by atoms with E-state index in [1.165, 1.54) is 0 Å². The fourth-order valence-corrected chi connectivity index (χ4v) is 1.59. The summed E-state index contributed by atoms with van der Waals surface area (Å²) in [6.45, 7) is 6.98. The Balaban J connectivity index is 0. The van der Waals surface area contributed by atoms with E-state index >= 15 is 0 Å². The van der Waals surface area contributed by atoms with Crippen molar-refractivity contribution >= 4 is 18.3 Å². The molecule has 5 heteroatoms. The summed E-state index contributed by atoms with van der Waals surface area (Å²) in [6, 6.07) is 0. The van der Waals surface area contributed by atoms with Crippen LogP contribution in [-0.2, 0) is 9.53 Å². The predicted molar refractivity (Wildman–Crippen MR) is 73.7 cm³/mol. The van der Waals surface area contributed by atoms with Crippen LogP contribution in [0.1, 0.15) is 26.7 Å². The van der Waals surface area contributed by atoms with E-state index < -0.39 is 0 Å². The number of methoxy groups -OCH3 is 1. The number of carbonyl (C=O) groups excluding carboxylic acids is 1. The molecule has 1 atom stereocenters. The van der Waals surface area contributed by atoms with Crippen LogP contribution in [0.2, 0.25) is 0 Å². The third kappa shape index (κ3) is 8.41. The van der Waals surface area contributed by atoms with Crippen LogP contribution in [0.3, 0.4) is 0 Å². The molecule has 0 aliphatic heterocycles. The zero-order valence-corrected chi connectivity index (χ0v) is 12.3. The highest BCUT2D eigenvalue weighted by Gasteiger charge is 2.18. The number of nitrogens with one attached hydrogen (secondary N) is 1. The molecule has 0 saturated heterocycles. The van der Waals surface area contributed by atoms with Gasteiger partial charge in [-0.15, -0.1) is 12.4 Å². The Morgan fingerprint density at radius 3 is 2.53 bits per heavy atom. The van der Waals surface area contributed by atoms with Crippen LogP contribution in [-0.4, -0.2) is 51.2 Å². The molecular weight excluding hydrogens is 240 g/mol. The smallest absolute Gasteiger partial charge is 0.226 e. The second-order valence-electron chi connectivity index (χ2n) is 4.13. The average molecular weight is 267 g/mol. The van der Waals surface area contributed by atoms with Crippen molar-refractivity contribution in [3.8, 4) is 0 Å². The first-order valence-electron chi connectivity index (χ1n) is 6.09. The highest BCUT2D eigenvalue weighted by molar-refractivity contribution is 5.85. The second kappa shape index (κ2) is 12.1. The maximum absolute atomic E-state index is 12.1. The average Bonchev–Trinajstić information content (AvgIpc) is 2.29. The molecule has 17 heavy (non-hydrogen) atoms. The van der Waals surface area contributed by atoms with Crippen molar-refractivity contribution in [3.05, 3.63) is 0 Å². The topological polar surface area (TPSA) is 41.6 Å². The molecule has 1 N–H and O–H groups in total. The lowest BCUT2D eigenvalue weighted by Gasteiger charge is -2.25. The maximum Gasteiger partial charge on any atom is 0.226 e. The van der Waals surface area contributed by atoms with Crippen molar-refractivity contribution in [2.45, 2.75) is 26.7 Å². The summed E-state index contributed by atoms with van der Waals surface area (Å²) < 4.78 is 5.03. The number of hydrogen-bond acceptors (Lipinski definition) is 3. The molecule has 0 fully saturated rings. The molecule has 0 radical (unpaired) electrons. The lowest BCUT2D eigenvalue weighted by atomic mass is 10.1. The number of nitrogens with zero attached hydrogens (tertiary/aromatic N) is 1. The van der Waals surface area contributed by atoms with Crippen molar-refractivity contribution < 1.29 is 9.53 Å². The van der Waals surface area contributed by atoms with Gasteiger partial charge in [-0.05, 0) is 13.5 Å². The SMILES string of the molecule is CCCCN(CCOC)C(=O)C(C)CNC.Cl. The monoisotopic (exact) mass is 266 g/mol. The Morgan fingerprint density at radius 1 is 1.41 bits per heavy atom. The van der Waals surface area contributed by atoms with E-state index in [2.05, 4.69) is 12.2 Å². The van der Waals surface area contributed by atoms with E-state index in [9.17, 15) is 4.79 Å². The van der Waals surface area contributed by atoms with Gasteiger partial charge in [-0.3, -0.25) is 4.79 Å². The summed E-state index contributed by atoms with van der Waals surface area (Å²) in [5.41, 5.74) is 0. The van der Waals surface area contributed by atoms with Gasteiger partial charge in [0.25, 0.3) is 0 Å². The summed E-state index contributed by atoms with van der Waals surface area (Å²) >= 11 is 0. The van der Waals surface area contributed by atoms with Gasteiger partial charge in [-0.2, -0.15) is 0 Å². The molecule has 104 valence electrons. The van der Waals surface area contributed by atoms with E-state index in [1.807, 2.05) is 18.9 Å². The van der Waals surface area contributed by atoms with Crippen LogP contribution < -0.4 is 5.32 Å². The van der Waals surface area contributed by atoms with Gasteiger partial charge in [0.05, 0.1) is 6.61 Å². The zero-order chi connectivity index (χ0) is 12.4. The minimum Gasteiger partial charge on any atom is -0.383 e. The van der Waals surface area contributed by atoms with Gasteiger partial charge in [0, 0.05) is 32.7 Å². The fourth-order valence-electron chi connectivity index (χ4n) is 1.59. The standard InChI is InChI=1S/C12H26N2O2.ClH/c1-5-6-7-14(8-9-16-4)12(15)11(2)10-13-3;/h11,13H,5-10H2,1-4H3;1H. The van der Waals surface area contributed by atoms with Crippen molar-refractivity contribution in [1.82, 2.24) is 10.2 Å². The molecule has 0 spiro atoms. The van der Waals surface area contributed by atoms with Crippen molar-refractivity contribution in [2.75, 3.05) is 40.4 Å².